The number of hydrogen-bond acceptors (Lipinski definition) is 5. The van der Waals surface area contributed by atoms with Gasteiger partial charge >= 0.3 is 5.97 Å². The van der Waals surface area contributed by atoms with Crippen LogP contribution in [0.1, 0.15) is 24.3 Å². The summed E-state index contributed by atoms with van der Waals surface area (Å²) in [4.78, 5) is 26.5. The topological polar surface area (TPSA) is 77.5 Å². The first kappa shape index (κ1) is 15.7. The third-order valence-electron chi connectivity index (χ3n) is 2.18. The van der Waals surface area contributed by atoms with Crippen LogP contribution < -0.4 is 10.1 Å². The summed E-state index contributed by atoms with van der Waals surface area (Å²) in [5.41, 5.74) is 0.285. The molecule has 0 spiro atoms. The molecule has 0 saturated heterocycles. The van der Waals surface area contributed by atoms with Crippen LogP contribution in [0.25, 0.3) is 0 Å². The zero-order chi connectivity index (χ0) is 15.0. The maximum Gasteiger partial charge on any atom is 0.330 e. The van der Waals surface area contributed by atoms with E-state index in [-0.39, 0.29) is 24.2 Å². The normalized spacial score (nSPS) is 10.6. The van der Waals surface area contributed by atoms with E-state index < -0.39 is 5.97 Å². The van der Waals surface area contributed by atoms with Crippen molar-refractivity contribution in [2.24, 2.45) is 0 Å². The van der Waals surface area contributed by atoms with Crippen molar-refractivity contribution in [3.63, 3.8) is 0 Å². The molecule has 20 heavy (non-hydrogen) atoms. The van der Waals surface area contributed by atoms with Gasteiger partial charge < -0.3 is 14.8 Å². The van der Waals surface area contributed by atoms with E-state index in [2.05, 4.69) is 15.0 Å². The summed E-state index contributed by atoms with van der Waals surface area (Å²) in [5.74, 6) is -0.176. The van der Waals surface area contributed by atoms with Gasteiger partial charge in [-0.15, -0.1) is 0 Å². The monoisotopic (exact) mass is 278 g/mol. The second kappa shape index (κ2) is 7.93. The average Bonchev–Trinajstić information content (AvgIpc) is 2.43. The minimum absolute atomic E-state index is 0.0555. The molecule has 0 aliphatic heterocycles. The van der Waals surface area contributed by atoms with Crippen molar-refractivity contribution < 1.29 is 19.1 Å². The zero-order valence-electron chi connectivity index (χ0n) is 11.8. The van der Waals surface area contributed by atoms with E-state index in [1.54, 1.807) is 12.1 Å². The highest BCUT2D eigenvalue weighted by Crippen LogP contribution is 2.10. The Balaban J connectivity index is 2.47. The van der Waals surface area contributed by atoms with Crippen molar-refractivity contribution in [3.05, 3.63) is 36.2 Å². The molecular weight excluding hydrogens is 260 g/mol. The van der Waals surface area contributed by atoms with E-state index in [4.69, 9.17) is 4.74 Å². The lowest BCUT2D eigenvalue weighted by molar-refractivity contribution is -0.134. The van der Waals surface area contributed by atoms with Gasteiger partial charge in [-0.05, 0) is 26.0 Å². The average molecular weight is 278 g/mol. The van der Waals surface area contributed by atoms with Gasteiger partial charge in [0.2, 0.25) is 0 Å². The highest BCUT2D eigenvalue weighted by molar-refractivity contribution is 5.92. The molecule has 108 valence electrons. The Morgan fingerprint density at radius 3 is 2.70 bits per heavy atom. The second-order valence-corrected chi connectivity index (χ2v) is 4.18. The standard InChI is InChI=1S/C14H18N2O4/c1-10(2)20-11-6-7-12(16-9-11)14(18)15-8-4-5-13(17)19-3/h4-7,9-10H,8H2,1-3H3,(H,15,18)/b5-4+. The molecule has 1 aromatic rings. The second-order valence-electron chi connectivity index (χ2n) is 4.18. The highest BCUT2D eigenvalue weighted by atomic mass is 16.5. The van der Waals surface area contributed by atoms with Gasteiger partial charge in [-0.1, -0.05) is 6.08 Å². The van der Waals surface area contributed by atoms with Gasteiger partial charge in [0.05, 0.1) is 19.4 Å². The molecule has 6 nitrogen and oxygen atoms in total. The fraction of sp³-hybridized carbons (Fsp3) is 0.357. The van der Waals surface area contributed by atoms with E-state index in [9.17, 15) is 9.59 Å². The van der Waals surface area contributed by atoms with E-state index in [0.717, 1.165) is 0 Å². The molecule has 0 aromatic carbocycles. The lowest BCUT2D eigenvalue weighted by Crippen LogP contribution is -2.24. The molecule has 1 amide bonds. The largest absolute Gasteiger partial charge is 0.489 e. The molecule has 6 heteroatoms. The van der Waals surface area contributed by atoms with Gasteiger partial charge in [0.25, 0.3) is 5.91 Å². The number of amides is 1. The Morgan fingerprint density at radius 1 is 1.40 bits per heavy atom. The first-order chi connectivity index (χ1) is 9.52. The van der Waals surface area contributed by atoms with Crippen LogP contribution in [0.2, 0.25) is 0 Å². The van der Waals surface area contributed by atoms with Crippen molar-refractivity contribution >= 4 is 11.9 Å². The van der Waals surface area contributed by atoms with Crippen LogP contribution >= 0.6 is 0 Å². The van der Waals surface area contributed by atoms with Gasteiger partial charge in [-0.2, -0.15) is 0 Å². The minimum Gasteiger partial charge on any atom is -0.489 e. The number of carbonyl (C=O) groups is 2. The first-order valence-corrected chi connectivity index (χ1v) is 6.18. The Morgan fingerprint density at radius 2 is 2.15 bits per heavy atom. The molecule has 1 N–H and O–H groups in total. The lowest BCUT2D eigenvalue weighted by Gasteiger charge is -2.09. The summed E-state index contributed by atoms with van der Waals surface area (Å²) in [5, 5.41) is 2.60. The molecule has 0 aliphatic carbocycles. The zero-order valence-corrected chi connectivity index (χ0v) is 11.8. The number of nitrogens with zero attached hydrogens (tertiary/aromatic N) is 1. The third-order valence-corrected chi connectivity index (χ3v) is 2.18. The van der Waals surface area contributed by atoms with Gasteiger partial charge in [-0.3, -0.25) is 4.79 Å². The maximum absolute atomic E-state index is 11.7. The Bertz CT molecular complexity index is 480. The van der Waals surface area contributed by atoms with Gasteiger partial charge in [-0.25, -0.2) is 9.78 Å². The van der Waals surface area contributed by atoms with E-state index in [0.29, 0.717) is 5.75 Å². The van der Waals surface area contributed by atoms with E-state index in [1.807, 2.05) is 13.8 Å². The summed E-state index contributed by atoms with van der Waals surface area (Å²) in [7, 11) is 1.29. The van der Waals surface area contributed by atoms with Crippen molar-refractivity contribution in [1.82, 2.24) is 10.3 Å². The van der Waals surface area contributed by atoms with Gasteiger partial charge in [0.1, 0.15) is 11.4 Å². The van der Waals surface area contributed by atoms with Crippen LogP contribution in [0.3, 0.4) is 0 Å². The van der Waals surface area contributed by atoms with Crippen molar-refractivity contribution in [1.29, 1.82) is 0 Å². The number of aromatic nitrogens is 1. The molecule has 0 bridgehead atoms. The number of pyridine rings is 1. The predicted octanol–water partition coefficient (Wildman–Crippen LogP) is 1.33. The summed E-state index contributed by atoms with van der Waals surface area (Å²) >= 11 is 0. The summed E-state index contributed by atoms with van der Waals surface area (Å²) in [6.45, 7) is 4.04. The van der Waals surface area contributed by atoms with Crippen LogP contribution in [0, 0.1) is 0 Å². The van der Waals surface area contributed by atoms with E-state index in [1.165, 1.54) is 25.5 Å². The number of ether oxygens (including phenoxy) is 2. The number of hydrogen-bond donors (Lipinski definition) is 1. The highest BCUT2D eigenvalue weighted by Gasteiger charge is 2.06. The van der Waals surface area contributed by atoms with Crippen molar-refractivity contribution in [2.45, 2.75) is 20.0 Å². The molecule has 1 rings (SSSR count). The van der Waals surface area contributed by atoms with Gasteiger partial charge in [0, 0.05) is 12.6 Å². The number of rotatable bonds is 6. The van der Waals surface area contributed by atoms with E-state index >= 15 is 0 Å². The maximum atomic E-state index is 11.7. The van der Waals surface area contributed by atoms with Crippen LogP contribution in [0.5, 0.6) is 5.75 Å². The molecule has 0 fully saturated rings. The predicted molar refractivity (Wildman–Crippen MR) is 73.5 cm³/mol. The molecule has 0 radical (unpaired) electrons. The Labute approximate surface area is 117 Å². The number of methoxy groups -OCH3 is 1. The number of carbonyl (C=O) groups excluding carboxylic acids is 2. The van der Waals surface area contributed by atoms with Crippen LogP contribution in [-0.4, -0.2) is 36.6 Å². The minimum atomic E-state index is -0.465. The molecule has 1 aromatic heterocycles. The SMILES string of the molecule is COC(=O)/C=C/CNC(=O)c1ccc(OC(C)C)cn1. The van der Waals surface area contributed by atoms with Crippen LogP contribution in [-0.2, 0) is 9.53 Å². The van der Waals surface area contributed by atoms with Gasteiger partial charge in [0.15, 0.2) is 0 Å². The summed E-state index contributed by atoms with van der Waals surface area (Å²) in [6.07, 6.45) is 4.30. The molecule has 0 unspecified atom stereocenters. The summed E-state index contributed by atoms with van der Waals surface area (Å²) in [6, 6.07) is 3.27. The van der Waals surface area contributed by atoms with Crippen molar-refractivity contribution in [2.75, 3.05) is 13.7 Å². The Kier molecular flexibility index (Phi) is 6.22. The van der Waals surface area contributed by atoms with Crippen LogP contribution in [0.4, 0.5) is 0 Å². The fourth-order valence-electron chi connectivity index (χ4n) is 1.32. The molecular formula is C14H18N2O4. The molecule has 0 atom stereocenters. The summed E-state index contributed by atoms with van der Waals surface area (Å²) < 4.78 is 9.85. The quantitative estimate of drug-likeness (QED) is 0.627. The Hall–Kier alpha value is -2.37. The molecule has 0 aliphatic rings. The molecule has 1 heterocycles. The lowest BCUT2D eigenvalue weighted by atomic mass is 10.3. The first-order valence-electron chi connectivity index (χ1n) is 6.18. The molecule has 0 saturated carbocycles. The number of nitrogens with one attached hydrogen (secondary N) is 1. The number of esters is 1. The third kappa shape index (κ3) is 5.51. The smallest absolute Gasteiger partial charge is 0.330 e. The van der Waals surface area contributed by atoms with Crippen LogP contribution in [0.15, 0.2) is 30.5 Å². The fourth-order valence-corrected chi connectivity index (χ4v) is 1.32. The van der Waals surface area contributed by atoms with Crippen molar-refractivity contribution in [3.8, 4) is 5.75 Å².